The third-order valence-corrected chi connectivity index (χ3v) is 6.49. The van der Waals surface area contributed by atoms with Crippen LogP contribution in [0.3, 0.4) is 0 Å². The third kappa shape index (κ3) is 25.4. The van der Waals surface area contributed by atoms with Crippen LogP contribution in [0.2, 0.25) is 0 Å². The van der Waals surface area contributed by atoms with Crippen molar-refractivity contribution in [1.29, 1.82) is 0 Å². The van der Waals surface area contributed by atoms with Gasteiger partial charge in [0.1, 0.15) is 0 Å². The minimum atomic E-state index is -0.154. The van der Waals surface area contributed by atoms with Gasteiger partial charge in [-0.25, -0.2) is 0 Å². The molecule has 0 saturated heterocycles. The van der Waals surface area contributed by atoms with E-state index < -0.39 is 0 Å². The normalized spacial score (nSPS) is 13.1. The molecule has 2 unspecified atom stereocenters. The van der Waals surface area contributed by atoms with E-state index in [1.165, 1.54) is 0 Å². The van der Waals surface area contributed by atoms with Crippen molar-refractivity contribution in [1.82, 2.24) is 31.9 Å². The standard InChI is InChI=1S/C27H64N10O/c28-12-6-19-32-17-4-10-25(35-22-8-14-30)24-34-16-2-1-3-21-37-27(38)26(36-23-9-15-31)11-5-18-33-20-7-13-29/h25-26,32-36H,1-24,28-31H2,(H,37,38). The third-order valence-electron chi connectivity index (χ3n) is 6.49. The van der Waals surface area contributed by atoms with Crippen molar-refractivity contribution >= 4 is 5.91 Å². The van der Waals surface area contributed by atoms with Crippen LogP contribution in [0.4, 0.5) is 0 Å². The van der Waals surface area contributed by atoms with Crippen LogP contribution in [0.15, 0.2) is 0 Å². The summed E-state index contributed by atoms with van der Waals surface area (Å²) in [6.07, 6.45) is 11.2. The molecule has 14 N–H and O–H groups in total. The first-order chi connectivity index (χ1) is 18.7. The number of nitrogens with two attached hydrogens (primary N) is 4. The summed E-state index contributed by atoms with van der Waals surface area (Å²) >= 11 is 0. The molecule has 11 nitrogen and oxygen atoms in total. The summed E-state index contributed by atoms with van der Waals surface area (Å²) in [5.74, 6) is 0.103. The number of carbonyl (C=O) groups is 1. The summed E-state index contributed by atoms with van der Waals surface area (Å²) in [5.41, 5.74) is 22.3. The lowest BCUT2D eigenvalue weighted by Crippen LogP contribution is -2.45. The fourth-order valence-corrected chi connectivity index (χ4v) is 4.16. The van der Waals surface area contributed by atoms with Crippen molar-refractivity contribution in [3.63, 3.8) is 0 Å². The molecule has 0 aromatic carbocycles. The summed E-state index contributed by atoms with van der Waals surface area (Å²) in [5, 5.41) is 20.6. The highest BCUT2D eigenvalue weighted by molar-refractivity contribution is 5.81. The summed E-state index contributed by atoms with van der Waals surface area (Å²) in [4.78, 5) is 12.7. The fraction of sp³-hybridized carbons (Fsp3) is 0.963. The zero-order valence-electron chi connectivity index (χ0n) is 24.3. The zero-order valence-corrected chi connectivity index (χ0v) is 24.3. The van der Waals surface area contributed by atoms with Gasteiger partial charge in [0.25, 0.3) is 0 Å². The average Bonchev–Trinajstić information content (AvgIpc) is 2.92. The Morgan fingerprint density at radius 3 is 1.63 bits per heavy atom. The van der Waals surface area contributed by atoms with Crippen molar-refractivity contribution in [2.75, 3.05) is 85.1 Å². The number of nitrogens with one attached hydrogen (secondary N) is 6. The van der Waals surface area contributed by atoms with Gasteiger partial charge in [-0.1, -0.05) is 6.42 Å². The number of hydrogen-bond acceptors (Lipinski definition) is 10. The zero-order chi connectivity index (χ0) is 27.9. The van der Waals surface area contributed by atoms with E-state index in [1.807, 2.05) is 0 Å². The van der Waals surface area contributed by atoms with Gasteiger partial charge in [0, 0.05) is 19.1 Å². The molecule has 228 valence electrons. The number of hydrogen-bond donors (Lipinski definition) is 10. The van der Waals surface area contributed by atoms with Crippen molar-refractivity contribution in [2.45, 2.75) is 82.7 Å². The van der Waals surface area contributed by atoms with Gasteiger partial charge in [-0.3, -0.25) is 4.79 Å². The maximum Gasteiger partial charge on any atom is 0.237 e. The largest absolute Gasteiger partial charge is 0.355 e. The Morgan fingerprint density at radius 2 is 1.00 bits per heavy atom. The number of amides is 1. The maximum absolute atomic E-state index is 12.7. The van der Waals surface area contributed by atoms with Gasteiger partial charge in [0.15, 0.2) is 0 Å². The molecular weight excluding hydrogens is 480 g/mol. The van der Waals surface area contributed by atoms with Gasteiger partial charge in [-0.15, -0.1) is 0 Å². The lowest BCUT2D eigenvalue weighted by molar-refractivity contribution is -0.123. The van der Waals surface area contributed by atoms with Gasteiger partial charge in [-0.2, -0.15) is 0 Å². The topological polar surface area (TPSA) is 193 Å². The summed E-state index contributed by atoms with van der Waals surface area (Å²) in [7, 11) is 0. The predicted molar refractivity (Wildman–Crippen MR) is 162 cm³/mol. The number of carbonyl (C=O) groups excluding carboxylic acids is 1. The monoisotopic (exact) mass is 545 g/mol. The molecule has 2 atom stereocenters. The Hall–Kier alpha value is -0.890. The maximum atomic E-state index is 12.7. The molecule has 0 aromatic rings. The minimum Gasteiger partial charge on any atom is -0.355 e. The van der Waals surface area contributed by atoms with Gasteiger partial charge >= 0.3 is 0 Å². The minimum absolute atomic E-state index is 0.103. The predicted octanol–water partition coefficient (Wildman–Crippen LogP) is -1.09. The van der Waals surface area contributed by atoms with Gasteiger partial charge in [0.2, 0.25) is 5.91 Å². The van der Waals surface area contributed by atoms with E-state index in [4.69, 9.17) is 22.9 Å². The lowest BCUT2D eigenvalue weighted by Gasteiger charge is -2.20. The molecule has 0 fully saturated rings. The van der Waals surface area contributed by atoms with Gasteiger partial charge in [-0.05, 0) is 136 Å². The smallest absolute Gasteiger partial charge is 0.237 e. The molecule has 38 heavy (non-hydrogen) atoms. The molecule has 0 spiro atoms. The Kier molecular flexibility index (Phi) is 29.9. The van der Waals surface area contributed by atoms with Crippen LogP contribution in [0.25, 0.3) is 0 Å². The van der Waals surface area contributed by atoms with Crippen molar-refractivity contribution in [3.8, 4) is 0 Å². The highest BCUT2D eigenvalue weighted by Gasteiger charge is 2.16. The van der Waals surface area contributed by atoms with E-state index in [1.54, 1.807) is 0 Å². The number of unbranched alkanes of at least 4 members (excludes halogenated alkanes) is 2. The summed E-state index contributed by atoms with van der Waals surface area (Å²) in [6.45, 7) is 11.1. The van der Waals surface area contributed by atoms with Gasteiger partial charge < -0.3 is 54.8 Å². The van der Waals surface area contributed by atoms with E-state index in [0.29, 0.717) is 19.1 Å². The highest BCUT2D eigenvalue weighted by atomic mass is 16.2. The molecule has 0 rings (SSSR count). The first-order valence-electron chi connectivity index (χ1n) is 15.4. The second-order valence-corrected chi connectivity index (χ2v) is 10.1. The molecule has 11 heteroatoms. The molecule has 0 bridgehead atoms. The van der Waals surface area contributed by atoms with Crippen LogP contribution in [0.5, 0.6) is 0 Å². The average molecular weight is 545 g/mol. The molecule has 0 aliphatic heterocycles. The van der Waals surface area contributed by atoms with Gasteiger partial charge in [0.05, 0.1) is 6.04 Å². The Balaban J connectivity index is 4.03. The Morgan fingerprint density at radius 1 is 0.500 bits per heavy atom. The molecule has 0 radical (unpaired) electrons. The van der Waals surface area contributed by atoms with E-state index >= 15 is 0 Å². The molecular formula is C27H64N10O. The van der Waals surface area contributed by atoms with Crippen molar-refractivity contribution in [2.24, 2.45) is 22.9 Å². The summed E-state index contributed by atoms with van der Waals surface area (Å²) in [6, 6.07) is 0.316. The fourth-order valence-electron chi connectivity index (χ4n) is 4.16. The lowest BCUT2D eigenvalue weighted by atomic mass is 10.1. The van der Waals surface area contributed by atoms with Crippen molar-refractivity contribution in [3.05, 3.63) is 0 Å². The summed E-state index contributed by atoms with van der Waals surface area (Å²) < 4.78 is 0. The Labute approximate surface area is 233 Å². The highest BCUT2D eigenvalue weighted by Crippen LogP contribution is 2.00. The van der Waals surface area contributed by atoms with Crippen LogP contribution in [-0.4, -0.2) is 103 Å². The van der Waals surface area contributed by atoms with E-state index in [9.17, 15) is 4.79 Å². The molecule has 1 amide bonds. The van der Waals surface area contributed by atoms with Crippen LogP contribution >= 0.6 is 0 Å². The van der Waals surface area contributed by atoms with E-state index in [2.05, 4.69) is 31.9 Å². The second kappa shape index (κ2) is 30.6. The van der Waals surface area contributed by atoms with Crippen LogP contribution in [0, 0.1) is 0 Å². The van der Waals surface area contributed by atoms with Crippen LogP contribution in [-0.2, 0) is 4.79 Å². The first-order valence-corrected chi connectivity index (χ1v) is 15.4. The molecule has 0 heterocycles. The molecule has 0 aliphatic carbocycles. The van der Waals surface area contributed by atoms with E-state index in [0.717, 1.165) is 143 Å². The quantitative estimate of drug-likeness (QED) is 0.0480. The Bertz CT molecular complexity index is 487. The SMILES string of the molecule is NCCCNCCCC(CNCCCCCNC(=O)C(CCCNCCCN)NCCCN)NCCCN. The van der Waals surface area contributed by atoms with Crippen LogP contribution in [0.1, 0.15) is 70.6 Å². The molecule has 0 aliphatic rings. The second-order valence-electron chi connectivity index (χ2n) is 10.1. The first kappa shape index (κ1) is 37.1. The van der Waals surface area contributed by atoms with Crippen molar-refractivity contribution < 1.29 is 4.79 Å². The molecule has 0 aromatic heterocycles. The molecule has 0 saturated carbocycles. The van der Waals surface area contributed by atoms with E-state index in [-0.39, 0.29) is 11.9 Å². The van der Waals surface area contributed by atoms with Crippen LogP contribution < -0.4 is 54.8 Å². The number of rotatable bonds is 31.